The van der Waals surface area contributed by atoms with E-state index in [1.165, 1.54) is 5.56 Å². The van der Waals surface area contributed by atoms with Crippen LogP contribution in [0.25, 0.3) is 0 Å². The maximum atomic E-state index is 5.61. The largest absolute Gasteiger partial charge is 0.490 e. The quantitative estimate of drug-likeness (QED) is 0.576. The summed E-state index contributed by atoms with van der Waals surface area (Å²) >= 11 is 0. The molecule has 0 amide bonds. The zero-order valence-electron chi connectivity index (χ0n) is 12.1. The molecule has 0 unspecified atom stereocenters. The normalized spacial score (nSPS) is 9.63. The van der Waals surface area contributed by atoms with E-state index in [9.17, 15) is 0 Å². The molecule has 3 heteroatoms. The maximum Gasteiger partial charge on any atom is 0.162 e. The monoisotopic (exact) mass is 261 g/mol. The minimum absolute atomic E-state index is 0.393. The molecule has 0 spiro atoms. The van der Waals surface area contributed by atoms with Crippen LogP contribution in [-0.4, -0.2) is 19.8 Å². The van der Waals surface area contributed by atoms with Gasteiger partial charge in [0.05, 0.1) is 6.61 Å². The Morgan fingerprint density at radius 1 is 1.16 bits per heavy atom. The molecule has 3 nitrogen and oxygen atoms in total. The highest BCUT2D eigenvalue weighted by Crippen LogP contribution is 2.28. The molecule has 0 aliphatic carbocycles. The highest BCUT2D eigenvalue weighted by Gasteiger charge is 2.06. The van der Waals surface area contributed by atoms with Gasteiger partial charge in [0, 0.05) is 6.54 Å². The molecule has 104 valence electrons. The fourth-order valence-corrected chi connectivity index (χ4v) is 1.65. The summed E-state index contributed by atoms with van der Waals surface area (Å²) in [7, 11) is 0. The second-order valence-corrected chi connectivity index (χ2v) is 4.11. The standard InChI is InChI=1S/C16H23NO2/c1-4-7-11-19-15-9-8-14(13-17-10-5-2)12-16(15)18-6-3/h8-9,12,17H,5-6,10-11,13H2,1-3H3. The second-order valence-electron chi connectivity index (χ2n) is 4.11. The van der Waals surface area contributed by atoms with Crippen molar-refractivity contribution < 1.29 is 9.47 Å². The lowest BCUT2D eigenvalue weighted by Gasteiger charge is -2.12. The summed E-state index contributed by atoms with van der Waals surface area (Å²) in [5.74, 6) is 7.23. The molecule has 0 heterocycles. The Kier molecular flexibility index (Phi) is 7.53. The maximum absolute atomic E-state index is 5.61. The van der Waals surface area contributed by atoms with Crippen LogP contribution in [0.15, 0.2) is 18.2 Å². The number of nitrogens with one attached hydrogen (secondary N) is 1. The van der Waals surface area contributed by atoms with Gasteiger partial charge in [0.25, 0.3) is 0 Å². The molecule has 0 saturated carbocycles. The number of hydrogen-bond donors (Lipinski definition) is 1. The van der Waals surface area contributed by atoms with Crippen LogP contribution in [0.1, 0.15) is 32.8 Å². The molecule has 0 bridgehead atoms. The van der Waals surface area contributed by atoms with Gasteiger partial charge >= 0.3 is 0 Å². The average molecular weight is 261 g/mol. The molecule has 0 saturated heterocycles. The summed E-state index contributed by atoms with van der Waals surface area (Å²) in [6, 6.07) is 6.03. The van der Waals surface area contributed by atoms with E-state index in [4.69, 9.17) is 9.47 Å². The lowest BCUT2D eigenvalue weighted by atomic mass is 10.2. The van der Waals surface area contributed by atoms with Crippen molar-refractivity contribution >= 4 is 0 Å². The molecule has 0 radical (unpaired) electrons. The third-order valence-corrected chi connectivity index (χ3v) is 2.54. The van der Waals surface area contributed by atoms with Crippen LogP contribution >= 0.6 is 0 Å². The van der Waals surface area contributed by atoms with Gasteiger partial charge in [-0.3, -0.25) is 0 Å². The first kappa shape index (κ1) is 15.4. The predicted octanol–water partition coefficient (Wildman–Crippen LogP) is 2.99. The van der Waals surface area contributed by atoms with E-state index in [-0.39, 0.29) is 0 Å². The molecule has 1 N–H and O–H groups in total. The fraction of sp³-hybridized carbons (Fsp3) is 0.500. The Labute approximate surface area is 116 Å². The van der Waals surface area contributed by atoms with E-state index >= 15 is 0 Å². The zero-order chi connectivity index (χ0) is 13.9. The summed E-state index contributed by atoms with van der Waals surface area (Å²) in [6.07, 6.45) is 1.13. The van der Waals surface area contributed by atoms with Crippen molar-refractivity contribution in [2.45, 2.75) is 33.7 Å². The number of ether oxygens (including phenoxy) is 2. The Morgan fingerprint density at radius 3 is 2.68 bits per heavy atom. The zero-order valence-corrected chi connectivity index (χ0v) is 12.1. The van der Waals surface area contributed by atoms with Crippen LogP contribution < -0.4 is 14.8 Å². The Balaban J connectivity index is 2.71. The van der Waals surface area contributed by atoms with Crippen LogP contribution in [0.5, 0.6) is 11.5 Å². The molecular weight excluding hydrogens is 238 g/mol. The van der Waals surface area contributed by atoms with Gasteiger partial charge in [-0.25, -0.2) is 0 Å². The lowest BCUT2D eigenvalue weighted by Crippen LogP contribution is -2.13. The first-order chi connectivity index (χ1) is 9.31. The number of benzene rings is 1. The van der Waals surface area contributed by atoms with Crippen LogP contribution in [0.4, 0.5) is 0 Å². The fourth-order valence-electron chi connectivity index (χ4n) is 1.65. The molecular formula is C16H23NO2. The minimum atomic E-state index is 0.393. The van der Waals surface area contributed by atoms with Gasteiger partial charge in [-0.15, -0.1) is 5.92 Å². The molecule has 0 aliphatic rings. The van der Waals surface area contributed by atoms with Gasteiger partial charge in [0.2, 0.25) is 0 Å². The van der Waals surface area contributed by atoms with Crippen LogP contribution in [0.3, 0.4) is 0 Å². The first-order valence-electron chi connectivity index (χ1n) is 6.80. The van der Waals surface area contributed by atoms with Gasteiger partial charge in [0.1, 0.15) is 6.61 Å². The molecule has 0 atom stereocenters. The first-order valence-corrected chi connectivity index (χ1v) is 6.80. The highest BCUT2D eigenvalue weighted by molar-refractivity contribution is 5.43. The summed E-state index contributed by atoms with van der Waals surface area (Å²) < 4.78 is 11.2. The van der Waals surface area contributed by atoms with Crippen LogP contribution in [0, 0.1) is 11.8 Å². The second kappa shape index (κ2) is 9.29. The van der Waals surface area contributed by atoms with Crippen molar-refractivity contribution in [1.29, 1.82) is 0 Å². The topological polar surface area (TPSA) is 30.5 Å². The lowest BCUT2D eigenvalue weighted by molar-refractivity contribution is 0.299. The van der Waals surface area contributed by atoms with Crippen LogP contribution in [0.2, 0.25) is 0 Å². The Morgan fingerprint density at radius 2 is 2.00 bits per heavy atom. The number of rotatable bonds is 8. The van der Waals surface area contributed by atoms with E-state index in [0.29, 0.717) is 13.2 Å². The molecule has 0 aliphatic heterocycles. The van der Waals surface area contributed by atoms with Crippen molar-refractivity contribution in [2.24, 2.45) is 0 Å². The molecule has 0 aromatic heterocycles. The molecule has 1 aromatic rings. The van der Waals surface area contributed by atoms with E-state index in [1.807, 2.05) is 19.1 Å². The number of hydrogen-bond acceptors (Lipinski definition) is 3. The van der Waals surface area contributed by atoms with E-state index in [2.05, 4.69) is 30.1 Å². The smallest absolute Gasteiger partial charge is 0.162 e. The van der Waals surface area contributed by atoms with Crippen molar-refractivity contribution in [3.63, 3.8) is 0 Å². The third kappa shape index (κ3) is 5.67. The Bertz CT molecular complexity index is 432. The van der Waals surface area contributed by atoms with Crippen molar-refractivity contribution in [1.82, 2.24) is 5.32 Å². The van der Waals surface area contributed by atoms with Gasteiger partial charge < -0.3 is 14.8 Å². The molecule has 0 fully saturated rings. The van der Waals surface area contributed by atoms with Gasteiger partial charge in [-0.05, 0) is 44.5 Å². The van der Waals surface area contributed by atoms with Crippen molar-refractivity contribution in [2.75, 3.05) is 19.8 Å². The SMILES string of the molecule is CC#CCOc1ccc(CNCCC)cc1OCC. The predicted molar refractivity (Wildman–Crippen MR) is 78.6 cm³/mol. The van der Waals surface area contributed by atoms with Crippen molar-refractivity contribution in [3.05, 3.63) is 23.8 Å². The summed E-state index contributed by atoms with van der Waals surface area (Å²) in [4.78, 5) is 0. The third-order valence-electron chi connectivity index (χ3n) is 2.54. The van der Waals surface area contributed by atoms with Gasteiger partial charge in [0.15, 0.2) is 11.5 Å². The van der Waals surface area contributed by atoms with Gasteiger partial charge in [-0.2, -0.15) is 0 Å². The molecule has 19 heavy (non-hydrogen) atoms. The molecule has 1 rings (SSSR count). The van der Waals surface area contributed by atoms with E-state index in [1.54, 1.807) is 6.92 Å². The van der Waals surface area contributed by atoms with E-state index in [0.717, 1.165) is 31.0 Å². The summed E-state index contributed by atoms with van der Waals surface area (Å²) in [5.41, 5.74) is 1.20. The Hall–Kier alpha value is -1.66. The summed E-state index contributed by atoms with van der Waals surface area (Å²) in [5, 5.41) is 3.37. The highest BCUT2D eigenvalue weighted by atomic mass is 16.5. The van der Waals surface area contributed by atoms with E-state index < -0.39 is 0 Å². The van der Waals surface area contributed by atoms with Crippen LogP contribution in [-0.2, 0) is 6.54 Å². The minimum Gasteiger partial charge on any atom is -0.490 e. The molecule has 1 aromatic carbocycles. The van der Waals surface area contributed by atoms with Gasteiger partial charge in [-0.1, -0.05) is 18.9 Å². The summed E-state index contributed by atoms with van der Waals surface area (Å²) in [6.45, 7) is 8.82. The average Bonchev–Trinajstić information content (AvgIpc) is 2.42. The van der Waals surface area contributed by atoms with Crippen molar-refractivity contribution in [3.8, 4) is 23.3 Å².